The zero-order valence-corrected chi connectivity index (χ0v) is 11.4. The van der Waals surface area contributed by atoms with Gasteiger partial charge in [0.25, 0.3) is 5.91 Å². The summed E-state index contributed by atoms with van der Waals surface area (Å²) in [4.78, 5) is 11.2. The van der Waals surface area contributed by atoms with Crippen LogP contribution in [-0.2, 0) is 13.0 Å². The summed E-state index contributed by atoms with van der Waals surface area (Å²) < 4.78 is 7.07. The number of aliphatic hydroxyl groups is 1. The molecule has 1 aromatic heterocycles. The molecule has 4 N–H and O–H groups in total. The number of carbonyl (C=O) groups is 1. The van der Waals surface area contributed by atoms with E-state index in [2.05, 4.69) is 10.3 Å². The van der Waals surface area contributed by atoms with Gasteiger partial charge in [-0.2, -0.15) is 0 Å². The predicted molar refractivity (Wildman–Crippen MR) is 74.4 cm³/mol. The van der Waals surface area contributed by atoms with E-state index < -0.39 is 5.91 Å². The van der Waals surface area contributed by atoms with Gasteiger partial charge >= 0.3 is 0 Å². The summed E-state index contributed by atoms with van der Waals surface area (Å²) >= 11 is 0. The van der Waals surface area contributed by atoms with Crippen molar-refractivity contribution in [2.75, 3.05) is 13.2 Å². The van der Waals surface area contributed by atoms with Gasteiger partial charge in [0.15, 0.2) is 5.69 Å². The highest BCUT2D eigenvalue weighted by atomic mass is 16.5. The Balaban J connectivity index is 1.81. The number of aliphatic hydroxyl groups excluding tert-OH is 1. The van der Waals surface area contributed by atoms with Gasteiger partial charge < -0.3 is 9.84 Å². The van der Waals surface area contributed by atoms with Crippen molar-refractivity contribution in [3.05, 3.63) is 41.7 Å². The van der Waals surface area contributed by atoms with Crippen molar-refractivity contribution in [2.45, 2.75) is 13.0 Å². The van der Waals surface area contributed by atoms with Crippen LogP contribution >= 0.6 is 0 Å². The second kappa shape index (κ2) is 7.36. The van der Waals surface area contributed by atoms with Crippen molar-refractivity contribution in [1.29, 1.82) is 0 Å². The van der Waals surface area contributed by atoms with Crippen LogP contribution in [0.2, 0.25) is 0 Å². The molecule has 112 valence electrons. The van der Waals surface area contributed by atoms with Gasteiger partial charge in [-0.15, -0.1) is 5.10 Å². The van der Waals surface area contributed by atoms with Crippen LogP contribution in [0.5, 0.6) is 5.75 Å². The number of benzene rings is 1. The molecule has 2 rings (SSSR count). The maximum absolute atomic E-state index is 11.2. The van der Waals surface area contributed by atoms with Crippen LogP contribution < -0.4 is 16.0 Å². The summed E-state index contributed by atoms with van der Waals surface area (Å²) in [5, 5.41) is 16.3. The number of rotatable bonds is 7. The standard InChI is InChI=1S/C13H17N5O3/c14-15-13(20)12-9-18(17-16-12)6-8-21-11-3-1-10(2-4-11)5-7-19/h1-4,9,19H,5-8,14H2,(H,15,20). The number of carbonyl (C=O) groups excluding carboxylic acids is 1. The van der Waals surface area contributed by atoms with E-state index in [-0.39, 0.29) is 12.3 Å². The molecule has 0 radical (unpaired) electrons. The Kier molecular flexibility index (Phi) is 5.24. The monoisotopic (exact) mass is 291 g/mol. The SMILES string of the molecule is NNC(=O)c1cn(CCOc2ccc(CCO)cc2)nn1. The molecule has 21 heavy (non-hydrogen) atoms. The quantitative estimate of drug-likeness (QED) is 0.360. The topological polar surface area (TPSA) is 115 Å². The zero-order valence-electron chi connectivity index (χ0n) is 11.4. The van der Waals surface area contributed by atoms with Gasteiger partial charge in [0.2, 0.25) is 0 Å². The first-order chi connectivity index (χ1) is 10.2. The Morgan fingerprint density at radius 3 is 2.81 bits per heavy atom. The number of hydrogen-bond donors (Lipinski definition) is 3. The van der Waals surface area contributed by atoms with E-state index in [1.165, 1.54) is 10.9 Å². The van der Waals surface area contributed by atoms with Crippen LogP contribution in [-0.4, -0.2) is 39.2 Å². The van der Waals surface area contributed by atoms with Crippen LogP contribution in [0.4, 0.5) is 0 Å². The lowest BCUT2D eigenvalue weighted by atomic mass is 10.1. The van der Waals surface area contributed by atoms with E-state index in [0.717, 1.165) is 11.3 Å². The van der Waals surface area contributed by atoms with Gasteiger partial charge in [-0.1, -0.05) is 17.3 Å². The number of nitrogens with two attached hydrogens (primary N) is 1. The van der Waals surface area contributed by atoms with Crippen molar-refractivity contribution < 1.29 is 14.6 Å². The van der Waals surface area contributed by atoms with E-state index >= 15 is 0 Å². The number of amides is 1. The normalized spacial score (nSPS) is 10.4. The smallest absolute Gasteiger partial charge is 0.287 e. The Morgan fingerprint density at radius 2 is 2.14 bits per heavy atom. The van der Waals surface area contributed by atoms with Gasteiger partial charge in [0.05, 0.1) is 12.7 Å². The van der Waals surface area contributed by atoms with E-state index in [1.807, 2.05) is 29.7 Å². The molecule has 0 aliphatic carbocycles. The molecule has 1 amide bonds. The average Bonchev–Trinajstić information content (AvgIpc) is 2.97. The fraction of sp³-hybridized carbons (Fsp3) is 0.308. The lowest BCUT2D eigenvalue weighted by Crippen LogP contribution is -2.30. The molecule has 0 spiro atoms. The predicted octanol–water partition coefficient (Wildman–Crippen LogP) is -0.505. The van der Waals surface area contributed by atoms with E-state index in [1.54, 1.807) is 0 Å². The molecule has 8 heteroatoms. The van der Waals surface area contributed by atoms with Crippen molar-refractivity contribution in [1.82, 2.24) is 20.4 Å². The largest absolute Gasteiger partial charge is 0.492 e. The van der Waals surface area contributed by atoms with E-state index in [9.17, 15) is 4.79 Å². The average molecular weight is 291 g/mol. The fourth-order valence-electron chi connectivity index (χ4n) is 1.72. The van der Waals surface area contributed by atoms with Crippen LogP contribution in [0.3, 0.4) is 0 Å². The molecule has 0 atom stereocenters. The molecule has 8 nitrogen and oxygen atoms in total. The summed E-state index contributed by atoms with van der Waals surface area (Å²) in [6.45, 7) is 0.987. The highest BCUT2D eigenvalue weighted by molar-refractivity contribution is 5.91. The highest BCUT2D eigenvalue weighted by Gasteiger charge is 2.08. The number of nitrogen functional groups attached to an aromatic ring is 1. The lowest BCUT2D eigenvalue weighted by molar-refractivity contribution is 0.0948. The minimum absolute atomic E-state index is 0.130. The summed E-state index contributed by atoms with van der Waals surface area (Å²) in [6.07, 6.45) is 2.13. The maximum atomic E-state index is 11.2. The fourth-order valence-corrected chi connectivity index (χ4v) is 1.72. The van der Waals surface area contributed by atoms with Crippen LogP contribution in [0.15, 0.2) is 30.5 Å². The molecule has 0 fully saturated rings. The first-order valence-electron chi connectivity index (χ1n) is 6.46. The van der Waals surface area contributed by atoms with Crippen molar-refractivity contribution >= 4 is 5.91 Å². The second-order valence-corrected chi connectivity index (χ2v) is 4.31. The molecule has 0 aliphatic rings. The molecule has 0 bridgehead atoms. The van der Waals surface area contributed by atoms with Crippen molar-refractivity contribution in [2.24, 2.45) is 5.84 Å². The minimum Gasteiger partial charge on any atom is -0.492 e. The van der Waals surface area contributed by atoms with Crippen LogP contribution in [0, 0.1) is 0 Å². The molecule has 1 heterocycles. The molecule has 1 aromatic carbocycles. The Morgan fingerprint density at radius 1 is 1.38 bits per heavy atom. The number of nitrogens with zero attached hydrogens (tertiary/aromatic N) is 3. The molecule has 0 unspecified atom stereocenters. The number of hydrogen-bond acceptors (Lipinski definition) is 6. The third-order valence-electron chi connectivity index (χ3n) is 2.82. The number of ether oxygens (including phenoxy) is 1. The zero-order chi connectivity index (χ0) is 15.1. The molecule has 0 saturated heterocycles. The third-order valence-corrected chi connectivity index (χ3v) is 2.82. The van der Waals surface area contributed by atoms with Gasteiger partial charge in [0.1, 0.15) is 12.4 Å². The number of nitrogens with one attached hydrogen (secondary N) is 1. The van der Waals surface area contributed by atoms with Crippen molar-refractivity contribution in [3.8, 4) is 5.75 Å². The Labute approximate surface area is 121 Å². The van der Waals surface area contributed by atoms with Crippen LogP contribution in [0.25, 0.3) is 0 Å². The lowest BCUT2D eigenvalue weighted by Gasteiger charge is -2.06. The first kappa shape index (κ1) is 14.9. The summed E-state index contributed by atoms with van der Waals surface area (Å²) in [6, 6.07) is 7.51. The number of hydrazine groups is 1. The summed E-state index contributed by atoms with van der Waals surface area (Å²) in [5.41, 5.74) is 3.20. The maximum Gasteiger partial charge on any atom is 0.287 e. The molecule has 0 aliphatic heterocycles. The van der Waals surface area contributed by atoms with Gasteiger partial charge in [-0.05, 0) is 24.1 Å². The molecular formula is C13H17N5O3. The minimum atomic E-state index is -0.485. The van der Waals surface area contributed by atoms with Crippen molar-refractivity contribution in [3.63, 3.8) is 0 Å². The van der Waals surface area contributed by atoms with Gasteiger partial charge in [-0.3, -0.25) is 10.2 Å². The molecule has 0 saturated carbocycles. The van der Waals surface area contributed by atoms with E-state index in [0.29, 0.717) is 19.6 Å². The van der Waals surface area contributed by atoms with E-state index in [4.69, 9.17) is 15.7 Å². The molecular weight excluding hydrogens is 274 g/mol. The Hall–Kier alpha value is -2.45. The third kappa shape index (κ3) is 4.26. The molecule has 2 aromatic rings. The first-order valence-corrected chi connectivity index (χ1v) is 6.46. The number of aromatic nitrogens is 3. The summed E-state index contributed by atoms with van der Waals surface area (Å²) in [5.74, 6) is 5.25. The van der Waals surface area contributed by atoms with Crippen LogP contribution in [0.1, 0.15) is 16.1 Å². The highest BCUT2D eigenvalue weighted by Crippen LogP contribution is 2.12. The van der Waals surface area contributed by atoms with Gasteiger partial charge in [0, 0.05) is 6.61 Å². The van der Waals surface area contributed by atoms with Gasteiger partial charge in [-0.25, -0.2) is 10.5 Å². The Bertz CT molecular complexity index is 582. The second-order valence-electron chi connectivity index (χ2n) is 4.31. The summed E-state index contributed by atoms with van der Waals surface area (Å²) in [7, 11) is 0.